The van der Waals surface area contributed by atoms with Gasteiger partial charge in [0, 0.05) is 54.7 Å². The molecule has 0 aliphatic carbocycles. The second kappa shape index (κ2) is 9.08. The van der Waals surface area contributed by atoms with Gasteiger partial charge in [0.15, 0.2) is 5.13 Å². The van der Waals surface area contributed by atoms with Crippen LogP contribution in [0.2, 0.25) is 0 Å². The molecule has 0 unspecified atom stereocenters. The number of benzene rings is 1. The fraction of sp³-hybridized carbons (Fsp3) is 0.167. The number of aromatic nitrogens is 4. The number of pyridine rings is 2. The first-order valence-electron chi connectivity index (χ1n) is 11.0. The van der Waals surface area contributed by atoms with E-state index in [-0.39, 0.29) is 4.90 Å². The number of nitrogens with one attached hydrogen (secondary N) is 1. The molecule has 0 spiro atoms. The van der Waals surface area contributed by atoms with Crippen LogP contribution in [0.25, 0.3) is 21.5 Å². The van der Waals surface area contributed by atoms with E-state index in [0.717, 1.165) is 37.4 Å². The minimum absolute atomic E-state index is 0.260. The zero-order valence-electron chi connectivity index (χ0n) is 18.5. The molecule has 0 bridgehead atoms. The number of hydrogen-bond donors (Lipinski definition) is 1. The highest BCUT2D eigenvalue weighted by Gasteiger charge is 2.29. The standard InChI is InChI=1S/C24H20N6O2S3/c31-35(32,30-11-7-19-17(14-30)2-1-8-26-19)18-3-4-22-20(12-18)29-24(34-22)27-13-23-28-21(15-33-23)16-5-9-25-10-6-16/h1-6,8-10,12,15H,7,11,13-14H2,(H,27,29). The highest BCUT2D eigenvalue weighted by Crippen LogP contribution is 2.31. The third-order valence-corrected chi connectivity index (χ3v) is 9.53. The summed E-state index contributed by atoms with van der Waals surface area (Å²) in [4.78, 5) is 18.0. The van der Waals surface area contributed by atoms with Crippen LogP contribution in [0.4, 0.5) is 5.13 Å². The summed E-state index contributed by atoms with van der Waals surface area (Å²) in [5.41, 5.74) is 4.54. The van der Waals surface area contributed by atoms with Gasteiger partial charge < -0.3 is 5.32 Å². The molecule has 35 heavy (non-hydrogen) atoms. The van der Waals surface area contributed by atoms with Gasteiger partial charge >= 0.3 is 0 Å². The van der Waals surface area contributed by atoms with E-state index in [9.17, 15) is 8.42 Å². The van der Waals surface area contributed by atoms with Crippen LogP contribution in [-0.4, -0.2) is 39.2 Å². The van der Waals surface area contributed by atoms with E-state index in [1.54, 1.807) is 42.1 Å². The Balaban J connectivity index is 1.18. The van der Waals surface area contributed by atoms with Crippen molar-refractivity contribution in [2.75, 3.05) is 11.9 Å². The summed E-state index contributed by atoms with van der Waals surface area (Å²) in [6.07, 6.45) is 5.87. The minimum atomic E-state index is -3.63. The lowest BCUT2D eigenvalue weighted by molar-refractivity contribution is 0.388. The second-order valence-corrected chi connectivity index (χ2v) is 12.0. The van der Waals surface area contributed by atoms with E-state index in [1.165, 1.54) is 15.6 Å². The monoisotopic (exact) mass is 520 g/mol. The smallest absolute Gasteiger partial charge is 0.243 e. The number of hydrogen-bond acceptors (Lipinski definition) is 9. The van der Waals surface area contributed by atoms with Crippen LogP contribution in [0.1, 0.15) is 16.3 Å². The fourth-order valence-corrected chi connectivity index (χ4v) is 7.06. The highest BCUT2D eigenvalue weighted by atomic mass is 32.2. The molecule has 0 saturated heterocycles. The molecule has 0 fully saturated rings. The molecule has 0 amide bonds. The quantitative estimate of drug-likeness (QED) is 0.350. The van der Waals surface area contributed by atoms with Crippen molar-refractivity contribution in [2.24, 2.45) is 0 Å². The molecule has 1 aromatic carbocycles. The first-order valence-corrected chi connectivity index (χ1v) is 14.1. The Kier molecular flexibility index (Phi) is 5.77. The molecule has 5 aromatic rings. The van der Waals surface area contributed by atoms with Crippen LogP contribution in [0.3, 0.4) is 0 Å². The van der Waals surface area contributed by atoms with Gasteiger partial charge in [-0.1, -0.05) is 17.4 Å². The van der Waals surface area contributed by atoms with Crippen LogP contribution in [0, 0.1) is 0 Å². The van der Waals surface area contributed by atoms with Crippen molar-refractivity contribution in [2.45, 2.75) is 24.4 Å². The number of anilines is 1. The van der Waals surface area contributed by atoms with E-state index >= 15 is 0 Å². The van der Waals surface area contributed by atoms with Crippen molar-refractivity contribution < 1.29 is 8.42 Å². The third-order valence-electron chi connectivity index (χ3n) is 5.84. The number of fused-ring (bicyclic) bond motifs is 2. The predicted molar refractivity (Wildman–Crippen MR) is 138 cm³/mol. The van der Waals surface area contributed by atoms with E-state index in [4.69, 9.17) is 0 Å². The zero-order chi connectivity index (χ0) is 23.8. The van der Waals surface area contributed by atoms with Gasteiger partial charge in [-0.25, -0.2) is 18.4 Å². The van der Waals surface area contributed by atoms with Crippen LogP contribution < -0.4 is 5.32 Å². The van der Waals surface area contributed by atoms with Crippen LogP contribution in [0.15, 0.2) is 71.3 Å². The molecule has 1 aliphatic rings. The molecule has 0 radical (unpaired) electrons. The van der Waals surface area contributed by atoms with Gasteiger partial charge in [-0.2, -0.15) is 4.31 Å². The summed E-state index contributed by atoms with van der Waals surface area (Å²) >= 11 is 3.08. The van der Waals surface area contributed by atoms with E-state index in [0.29, 0.717) is 31.6 Å². The maximum atomic E-state index is 13.3. The van der Waals surface area contributed by atoms with Crippen LogP contribution in [0.5, 0.6) is 0 Å². The average Bonchev–Trinajstić information content (AvgIpc) is 3.54. The summed E-state index contributed by atoms with van der Waals surface area (Å²) in [5.74, 6) is 0. The predicted octanol–water partition coefficient (Wildman–Crippen LogP) is 4.57. The Morgan fingerprint density at radius 3 is 2.83 bits per heavy atom. The van der Waals surface area contributed by atoms with Gasteiger partial charge in [-0.15, -0.1) is 11.3 Å². The molecule has 4 aromatic heterocycles. The van der Waals surface area contributed by atoms with Crippen molar-refractivity contribution in [3.63, 3.8) is 0 Å². The minimum Gasteiger partial charge on any atom is -0.355 e. The Labute approximate surface area is 210 Å². The van der Waals surface area contributed by atoms with E-state index < -0.39 is 10.0 Å². The number of thiazole rings is 2. The first-order chi connectivity index (χ1) is 17.1. The Morgan fingerprint density at radius 2 is 1.94 bits per heavy atom. The van der Waals surface area contributed by atoms with E-state index in [1.807, 2.05) is 35.7 Å². The van der Waals surface area contributed by atoms with Gasteiger partial charge in [0.1, 0.15) is 5.01 Å². The first kappa shape index (κ1) is 22.2. The topological polar surface area (TPSA) is 101 Å². The highest BCUT2D eigenvalue weighted by molar-refractivity contribution is 7.89. The van der Waals surface area contributed by atoms with Gasteiger partial charge in [-0.05, 0) is 42.0 Å². The summed E-state index contributed by atoms with van der Waals surface area (Å²) in [7, 11) is -3.63. The molecular weight excluding hydrogens is 501 g/mol. The molecule has 0 saturated carbocycles. The second-order valence-electron chi connectivity index (χ2n) is 8.06. The maximum Gasteiger partial charge on any atom is 0.243 e. The van der Waals surface area contributed by atoms with Gasteiger partial charge in [-0.3, -0.25) is 9.97 Å². The maximum absolute atomic E-state index is 13.3. The largest absolute Gasteiger partial charge is 0.355 e. The summed E-state index contributed by atoms with van der Waals surface area (Å²) in [6.45, 7) is 1.30. The van der Waals surface area contributed by atoms with Crippen molar-refractivity contribution >= 4 is 48.0 Å². The van der Waals surface area contributed by atoms with Crippen molar-refractivity contribution in [3.8, 4) is 11.3 Å². The fourth-order valence-electron chi connectivity index (χ4n) is 4.04. The lowest BCUT2D eigenvalue weighted by Crippen LogP contribution is -2.36. The Hall–Kier alpha value is -3.25. The van der Waals surface area contributed by atoms with Crippen LogP contribution in [-0.2, 0) is 29.5 Å². The number of rotatable bonds is 6. The number of sulfonamides is 1. The third kappa shape index (κ3) is 4.43. The van der Waals surface area contributed by atoms with Gasteiger partial charge in [0.05, 0.1) is 27.4 Å². The van der Waals surface area contributed by atoms with Crippen molar-refractivity contribution in [3.05, 3.63) is 82.7 Å². The molecular formula is C24H20N6O2S3. The normalized spacial score (nSPS) is 14.2. The Morgan fingerprint density at radius 1 is 1.06 bits per heavy atom. The summed E-state index contributed by atoms with van der Waals surface area (Å²) < 4.78 is 29.1. The lowest BCUT2D eigenvalue weighted by Gasteiger charge is -2.27. The zero-order valence-corrected chi connectivity index (χ0v) is 20.9. The van der Waals surface area contributed by atoms with Crippen molar-refractivity contribution in [1.82, 2.24) is 24.2 Å². The molecule has 5 heterocycles. The molecule has 1 aliphatic heterocycles. The van der Waals surface area contributed by atoms with Crippen LogP contribution >= 0.6 is 22.7 Å². The molecule has 11 heteroatoms. The van der Waals surface area contributed by atoms with Crippen molar-refractivity contribution in [1.29, 1.82) is 0 Å². The van der Waals surface area contributed by atoms with E-state index in [2.05, 4.69) is 25.3 Å². The molecule has 176 valence electrons. The SMILES string of the molecule is O=S(=O)(c1ccc2sc(NCc3nc(-c4ccncc4)cs3)nc2c1)N1CCc2ncccc2C1. The average molecular weight is 521 g/mol. The van der Waals surface area contributed by atoms with Gasteiger partial charge in [0.25, 0.3) is 0 Å². The molecule has 1 N–H and O–H groups in total. The lowest BCUT2D eigenvalue weighted by atomic mass is 10.1. The molecule has 0 atom stereocenters. The van der Waals surface area contributed by atoms with Gasteiger partial charge in [0.2, 0.25) is 10.0 Å². The summed E-state index contributed by atoms with van der Waals surface area (Å²) in [5, 5.41) is 7.02. The summed E-state index contributed by atoms with van der Waals surface area (Å²) in [6, 6.07) is 12.8. The Bertz CT molecular complexity index is 1610. The molecule has 6 rings (SSSR count). The number of nitrogens with zero attached hydrogens (tertiary/aromatic N) is 5. The molecule has 8 nitrogen and oxygen atoms in total.